The van der Waals surface area contributed by atoms with Crippen molar-refractivity contribution in [1.82, 2.24) is 15.0 Å². The Hall–Kier alpha value is -3.87. The van der Waals surface area contributed by atoms with Crippen molar-refractivity contribution in [3.63, 3.8) is 0 Å². The first-order valence-corrected chi connectivity index (χ1v) is 10.4. The molecule has 0 aliphatic carbocycles. The van der Waals surface area contributed by atoms with Crippen molar-refractivity contribution >= 4 is 17.0 Å². The van der Waals surface area contributed by atoms with Crippen molar-refractivity contribution in [2.45, 2.75) is 20.4 Å². The summed E-state index contributed by atoms with van der Waals surface area (Å²) in [6.45, 7) is 4.72. The molecule has 0 unspecified atom stereocenters. The zero-order valence-electron chi connectivity index (χ0n) is 18.6. The smallest absolute Gasteiger partial charge is 0.259 e. The number of methoxy groups -OCH3 is 2. The molecule has 0 aliphatic rings. The molecule has 2 aromatic carbocycles. The van der Waals surface area contributed by atoms with Crippen molar-refractivity contribution in [3.05, 3.63) is 71.4 Å². The van der Waals surface area contributed by atoms with E-state index in [2.05, 4.69) is 10.1 Å². The summed E-state index contributed by atoms with van der Waals surface area (Å²) in [5.41, 5.74) is 4.02. The van der Waals surface area contributed by atoms with Crippen molar-refractivity contribution in [3.8, 4) is 22.8 Å². The standard InChI is InChI=1S/C25H25N3O4/c1-5-28(15-17-11-12-21(30-3)22(13-17)31-4)25(29)19-14-20(18-9-7-6-8-10-18)26-24-23(19)16(2)27-32-24/h6-14H,5,15H2,1-4H3. The van der Waals surface area contributed by atoms with E-state index in [1.54, 1.807) is 19.1 Å². The number of hydrogen-bond donors (Lipinski definition) is 0. The summed E-state index contributed by atoms with van der Waals surface area (Å²) in [5.74, 6) is 1.16. The molecule has 7 heteroatoms. The van der Waals surface area contributed by atoms with Crippen molar-refractivity contribution in [1.29, 1.82) is 0 Å². The van der Waals surface area contributed by atoms with Gasteiger partial charge in [0.1, 0.15) is 0 Å². The third-order valence-corrected chi connectivity index (χ3v) is 5.41. The molecule has 4 aromatic rings. The SMILES string of the molecule is CCN(Cc1ccc(OC)c(OC)c1)C(=O)c1cc(-c2ccccc2)nc2onc(C)c12. The fourth-order valence-electron chi connectivity index (χ4n) is 3.72. The minimum Gasteiger partial charge on any atom is -0.493 e. The summed E-state index contributed by atoms with van der Waals surface area (Å²) >= 11 is 0. The van der Waals surface area contributed by atoms with Gasteiger partial charge in [-0.15, -0.1) is 0 Å². The second-order valence-corrected chi connectivity index (χ2v) is 7.38. The van der Waals surface area contributed by atoms with Crippen LogP contribution in [0.5, 0.6) is 11.5 Å². The van der Waals surface area contributed by atoms with Crippen LogP contribution >= 0.6 is 0 Å². The topological polar surface area (TPSA) is 77.7 Å². The number of fused-ring (bicyclic) bond motifs is 1. The number of amides is 1. The Labute approximate surface area is 186 Å². The highest BCUT2D eigenvalue weighted by molar-refractivity contribution is 6.07. The van der Waals surface area contributed by atoms with Gasteiger partial charge >= 0.3 is 0 Å². The molecule has 0 N–H and O–H groups in total. The third kappa shape index (κ3) is 4.01. The Morgan fingerprint density at radius 1 is 1.03 bits per heavy atom. The molecule has 0 saturated carbocycles. The van der Waals surface area contributed by atoms with E-state index >= 15 is 0 Å². The Balaban J connectivity index is 1.74. The largest absolute Gasteiger partial charge is 0.493 e. The number of carbonyl (C=O) groups is 1. The molecular weight excluding hydrogens is 406 g/mol. The molecular formula is C25H25N3O4. The molecule has 7 nitrogen and oxygen atoms in total. The molecule has 0 fully saturated rings. The summed E-state index contributed by atoms with van der Waals surface area (Å²) in [6.07, 6.45) is 0. The van der Waals surface area contributed by atoms with Gasteiger partial charge in [0.2, 0.25) is 0 Å². The van der Waals surface area contributed by atoms with E-state index in [-0.39, 0.29) is 5.91 Å². The molecule has 32 heavy (non-hydrogen) atoms. The molecule has 1 amide bonds. The first-order chi connectivity index (χ1) is 15.5. The van der Waals surface area contributed by atoms with Gasteiger partial charge in [0.15, 0.2) is 11.5 Å². The fourth-order valence-corrected chi connectivity index (χ4v) is 3.72. The fraction of sp³-hybridized carbons (Fsp3) is 0.240. The molecule has 0 atom stereocenters. The van der Waals surface area contributed by atoms with E-state index in [9.17, 15) is 4.79 Å². The summed E-state index contributed by atoms with van der Waals surface area (Å²) in [6, 6.07) is 17.2. The number of benzene rings is 2. The summed E-state index contributed by atoms with van der Waals surface area (Å²) in [5, 5.41) is 4.69. The number of aromatic nitrogens is 2. The van der Waals surface area contributed by atoms with E-state index in [0.29, 0.717) is 52.6 Å². The summed E-state index contributed by atoms with van der Waals surface area (Å²) < 4.78 is 16.2. The summed E-state index contributed by atoms with van der Waals surface area (Å²) in [4.78, 5) is 20.0. The van der Waals surface area contributed by atoms with E-state index in [1.165, 1.54) is 0 Å². The van der Waals surface area contributed by atoms with Gasteiger partial charge in [0.25, 0.3) is 11.6 Å². The minimum absolute atomic E-state index is 0.113. The number of ether oxygens (including phenoxy) is 2. The van der Waals surface area contributed by atoms with Crippen LogP contribution in [0.3, 0.4) is 0 Å². The highest BCUT2D eigenvalue weighted by atomic mass is 16.5. The maximum atomic E-state index is 13.7. The Kier molecular flexibility index (Phi) is 6.07. The van der Waals surface area contributed by atoms with Gasteiger partial charge in [-0.05, 0) is 37.6 Å². The monoisotopic (exact) mass is 431 g/mol. The van der Waals surface area contributed by atoms with Crippen molar-refractivity contribution < 1.29 is 18.8 Å². The van der Waals surface area contributed by atoms with Crippen LogP contribution in [0.4, 0.5) is 0 Å². The lowest BCUT2D eigenvalue weighted by molar-refractivity contribution is 0.0754. The van der Waals surface area contributed by atoms with E-state index in [0.717, 1.165) is 11.1 Å². The van der Waals surface area contributed by atoms with Crippen LogP contribution in [-0.2, 0) is 6.54 Å². The van der Waals surface area contributed by atoms with Gasteiger partial charge in [-0.1, -0.05) is 41.6 Å². The van der Waals surface area contributed by atoms with E-state index in [1.807, 2.05) is 68.4 Å². The van der Waals surface area contributed by atoms with Gasteiger partial charge in [-0.2, -0.15) is 0 Å². The van der Waals surface area contributed by atoms with Gasteiger partial charge < -0.3 is 18.9 Å². The average molecular weight is 431 g/mol. The average Bonchev–Trinajstić information content (AvgIpc) is 3.22. The predicted octanol–water partition coefficient (Wildman–Crippen LogP) is 4.88. The zero-order chi connectivity index (χ0) is 22.7. The van der Waals surface area contributed by atoms with Gasteiger partial charge in [0, 0.05) is 18.7 Å². The minimum atomic E-state index is -0.113. The van der Waals surface area contributed by atoms with Crippen LogP contribution in [0.25, 0.3) is 22.4 Å². The molecule has 2 aromatic heterocycles. The van der Waals surface area contributed by atoms with Crippen LogP contribution in [0.2, 0.25) is 0 Å². The lowest BCUT2D eigenvalue weighted by atomic mass is 10.0. The molecule has 0 saturated heterocycles. The Morgan fingerprint density at radius 3 is 2.47 bits per heavy atom. The first kappa shape index (κ1) is 21.4. The van der Waals surface area contributed by atoms with Gasteiger partial charge in [-0.25, -0.2) is 4.98 Å². The Morgan fingerprint density at radius 2 is 1.78 bits per heavy atom. The number of carbonyl (C=O) groups excluding carboxylic acids is 1. The maximum Gasteiger partial charge on any atom is 0.259 e. The van der Waals surface area contributed by atoms with Crippen molar-refractivity contribution in [2.75, 3.05) is 20.8 Å². The second kappa shape index (κ2) is 9.09. The normalized spacial score (nSPS) is 10.9. The molecule has 4 rings (SSSR count). The second-order valence-electron chi connectivity index (χ2n) is 7.38. The molecule has 0 radical (unpaired) electrons. The van der Waals surface area contributed by atoms with Crippen LogP contribution in [0, 0.1) is 6.92 Å². The van der Waals surface area contributed by atoms with E-state index in [4.69, 9.17) is 14.0 Å². The molecule has 0 aliphatic heterocycles. The molecule has 2 heterocycles. The van der Waals surface area contributed by atoms with Crippen LogP contribution in [0.15, 0.2) is 59.1 Å². The third-order valence-electron chi connectivity index (χ3n) is 5.41. The lowest BCUT2D eigenvalue weighted by Crippen LogP contribution is -2.30. The highest BCUT2D eigenvalue weighted by Crippen LogP contribution is 2.30. The van der Waals surface area contributed by atoms with Crippen molar-refractivity contribution in [2.24, 2.45) is 0 Å². The quantitative estimate of drug-likeness (QED) is 0.415. The first-order valence-electron chi connectivity index (χ1n) is 10.4. The van der Waals surface area contributed by atoms with Crippen LogP contribution in [0.1, 0.15) is 28.5 Å². The lowest BCUT2D eigenvalue weighted by Gasteiger charge is -2.22. The molecule has 0 bridgehead atoms. The Bertz CT molecular complexity index is 1250. The number of hydrogen-bond acceptors (Lipinski definition) is 6. The summed E-state index contributed by atoms with van der Waals surface area (Å²) in [7, 11) is 3.19. The number of aryl methyl sites for hydroxylation is 1. The van der Waals surface area contributed by atoms with Crippen LogP contribution < -0.4 is 9.47 Å². The number of rotatable bonds is 7. The van der Waals surface area contributed by atoms with Gasteiger partial charge in [0.05, 0.1) is 36.6 Å². The zero-order valence-corrected chi connectivity index (χ0v) is 18.6. The van der Waals surface area contributed by atoms with Gasteiger partial charge in [-0.3, -0.25) is 4.79 Å². The van der Waals surface area contributed by atoms with E-state index < -0.39 is 0 Å². The highest BCUT2D eigenvalue weighted by Gasteiger charge is 2.23. The predicted molar refractivity (Wildman–Crippen MR) is 122 cm³/mol. The number of pyridine rings is 1. The molecule has 164 valence electrons. The van der Waals surface area contributed by atoms with Crippen LogP contribution in [-0.4, -0.2) is 41.7 Å². The number of nitrogens with zero attached hydrogens (tertiary/aromatic N) is 3. The molecule has 0 spiro atoms. The maximum absolute atomic E-state index is 13.7.